The fraction of sp³-hybridized carbons (Fsp3) is 0.667. The summed E-state index contributed by atoms with van der Waals surface area (Å²) in [6.45, 7) is 2.13. The molecule has 0 aromatic carbocycles. The van der Waals surface area contributed by atoms with Gasteiger partial charge in [-0.05, 0) is 49.7 Å². The third-order valence-corrected chi connectivity index (χ3v) is 4.43. The Kier molecular flexibility index (Phi) is 3.59. The fourth-order valence-electron chi connectivity index (χ4n) is 3.00. The summed E-state index contributed by atoms with van der Waals surface area (Å²) < 4.78 is 0. The lowest BCUT2D eigenvalue weighted by molar-refractivity contribution is 0.0821. The predicted octanol–water partition coefficient (Wildman–Crippen LogP) is 1.80. The minimum absolute atomic E-state index is 0.100. The molecular weight excluding hydrogens is 252 g/mol. The van der Waals surface area contributed by atoms with Crippen LogP contribution in [0.5, 0.6) is 0 Å². The lowest BCUT2D eigenvalue weighted by Crippen LogP contribution is -2.35. The van der Waals surface area contributed by atoms with Crippen LogP contribution in [0.15, 0.2) is 12.1 Å². The van der Waals surface area contributed by atoms with Crippen molar-refractivity contribution in [2.45, 2.75) is 25.7 Å². The van der Waals surface area contributed by atoms with Gasteiger partial charge in [-0.25, -0.2) is 0 Å². The van der Waals surface area contributed by atoms with Gasteiger partial charge in [-0.2, -0.15) is 0 Å². The molecule has 1 aliphatic heterocycles. The van der Waals surface area contributed by atoms with Crippen LogP contribution in [0.1, 0.15) is 36.2 Å². The minimum atomic E-state index is -0.100. The van der Waals surface area contributed by atoms with Crippen molar-refractivity contribution >= 4 is 11.7 Å². The van der Waals surface area contributed by atoms with Crippen molar-refractivity contribution in [3.05, 3.63) is 17.8 Å². The predicted molar refractivity (Wildman–Crippen MR) is 77.7 cm³/mol. The average Bonchev–Trinajstić information content (AvgIpc) is 3.31. The van der Waals surface area contributed by atoms with Crippen LogP contribution in [0.4, 0.5) is 5.82 Å². The standard InChI is InChI=1S/C15H22N4O/c1-18(2)15(20)13-5-6-14(17-16-13)19-9-7-12(8-10-19)11-3-4-11/h5-6,11-12H,3-4,7-10H2,1-2H3. The fourth-order valence-corrected chi connectivity index (χ4v) is 3.00. The largest absolute Gasteiger partial charge is 0.355 e. The number of hydrogen-bond donors (Lipinski definition) is 0. The SMILES string of the molecule is CN(C)C(=O)c1ccc(N2CCC(C3CC3)CC2)nn1. The number of anilines is 1. The van der Waals surface area contributed by atoms with Crippen LogP contribution >= 0.6 is 0 Å². The Morgan fingerprint density at radius 2 is 1.75 bits per heavy atom. The molecule has 108 valence electrons. The van der Waals surface area contributed by atoms with Crippen LogP contribution in [-0.2, 0) is 0 Å². The number of aromatic nitrogens is 2. The van der Waals surface area contributed by atoms with Gasteiger partial charge < -0.3 is 9.80 Å². The van der Waals surface area contributed by atoms with Crippen molar-refractivity contribution in [2.75, 3.05) is 32.1 Å². The zero-order chi connectivity index (χ0) is 14.1. The topological polar surface area (TPSA) is 49.3 Å². The third kappa shape index (κ3) is 2.76. The Morgan fingerprint density at radius 1 is 1.10 bits per heavy atom. The van der Waals surface area contributed by atoms with E-state index in [1.54, 1.807) is 20.2 Å². The van der Waals surface area contributed by atoms with E-state index in [2.05, 4.69) is 15.1 Å². The van der Waals surface area contributed by atoms with Gasteiger partial charge in [-0.1, -0.05) is 0 Å². The Balaban J connectivity index is 1.61. The molecule has 1 saturated heterocycles. The molecule has 0 radical (unpaired) electrons. The van der Waals surface area contributed by atoms with Crippen LogP contribution in [0.2, 0.25) is 0 Å². The number of amides is 1. The number of carbonyl (C=O) groups is 1. The number of rotatable bonds is 3. The van der Waals surface area contributed by atoms with Crippen molar-refractivity contribution in [2.24, 2.45) is 11.8 Å². The molecule has 1 amide bonds. The van der Waals surface area contributed by atoms with Crippen LogP contribution in [0.25, 0.3) is 0 Å². The zero-order valence-electron chi connectivity index (χ0n) is 12.2. The van der Waals surface area contributed by atoms with Crippen molar-refractivity contribution in [1.82, 2.24) is 15.1 Å². The first kappa shape index (κ1) is 13.3. The van der Waals surface area contributed by atoms with Gasteiger partial charge in [-0.3, -0.25) is 4.79 Å². The summed E-state index contributed by atoms with van der Waals surface area (Å²) in [7, 11) is 3.45. The highest BCUT2D eigenvalue weighted by Crippen LogP contribution is 2.42. The lowest BCUT2D eigenvalue weighted by Gasteiger charge is -2.32. The quantitative estimate of drug-likeness (QED) is 0.843. The number of piperidine rings is 1. The second-order valence-electron chi connectivity index (χ2n) is 6.14. The summed E-state index contributed by atoms with van der Waals surface area (Å²) in [5.41, 5.74) is 0.409. The molecule has 20 heavy (non-hydrogen) atoms. The summed E-state index contributed by atoms with van der Waals surface area (Å²) in [5, 5.41) is 8.28. The highest BCUT2D eigenvalue weighted by Gasteiger charge is 2.33. The maximum absolute atomic E-state index is 11.8. The summed E-state index contributed by atoms with van der Waals surface area (Å²) in [4.78, 5) is 15.6. The van der Waals surface area contributed by atoms with E-state index >= 15 is 0 Å². The van der Waals surface area contributed by atoms with Crippen LogP contribution in [0, 0.1) is 11.8 Å². The van der Waals surface area contributed by atoms with E-state index in [4.69, 9.17) is 0 Å². The Labute approximate surface area is 120 Å². The average molecular weight is 274 g/mol. The highest BCUT2D eigenvalue weighted by molar-refractivity contribution is 5.91. The van der Waals surface area contributed by atoms with Gasteiger partial charge in [0.25, 0.3) is 5.91 Å². The molecule has 2 fully saturated rings. The summed E-state index contributed by atoms with van der Waals surface area (Å²) in [6, 6.07) is 3.69. The number of hydrogen-bond acceptors (Lipinski definition) is 4. The van der Waals surface area contributed by atoms with Gasteiger partial charge in [-0.15, -0.1) is 10.2 Å². The van der Waals surface area contributed by atoms with Crippen LogP contribution in [0.3, 0.4) is 0 Å². The lowest BCUT2D eigenvalue weighted by atomic mass is 9.92. The maximum atomic E-state index is 11.8. The molecule has 0 spiro atoms. The molecular formula is C15H22N4O. The first-order valence-corrected chi connectivity index (χ1v) is 7.45. The Hall–Kier alpha value is -1.65. The summed E-state index contributed by atoms with van der Waals surface area (Å²) in [6.07, 6.45) is 5.41. The smallest absolute Gasteiger partial charge is 0.273 e. The molecule has 0 bridgehead atoms. The van der Waals surface area contributed by atoms with Gasteiger partial charge >= 0.3 is 0 Å². The molecule has 1 saturated carbocycles. The molecule has 2 heterocycles. The molecule has 5 heteroatoms. The van der Waals surface area contributed by atoms with Crippen molar-refractivity contribution < 1.29 is 4.79 Å². The first-order valence-electron chi connectivity index (χ1n) is 7.45. The van der Waals surface area contributed by atoms with Gasteiger partial charge in [0.15, 0.2) is 11.5 Å². The van der Waals surface area contributed by atoms with Crippen LogP contribution < -0.4 is 4.90 Å². The minimum Gasteiger partial charge on any atom is -0.355 e. The molecule has 1 aromatic rings. The highest BCUT2D eigenvalue weighted by atomic mass is 16.2. The molecule has 1 aliphatic carbocycles. The summed E-state index contributed by atoms with van der Waals surface area (Å²) in [5.74, 6) is 2.73. The van der Waals surface area contributed by atoms with Gasteiger partial charge in [0.1, 0.15) is 0 Å². The first-order chi connectivity index (χ1) is 9.65. The Bertz CT molecular complexity index is 473. The number of nitrogens with zero attached hydrogens (tertiary/aromatic N) is 4. The van der Waals surface area contributed by atoms with Gasteiger partial charge in [0, 0.05) is 27.2 Å². The maximum Gasteiger partial charge on any atom is 0.273 e. The van der Waals surface area contributed by atoms with E-state index in [-0.39, 0.29) is 5.91 Å². The normalized spacial score (nSPS) is 20.0. The molecule has 0 unspecified atom stereocenters. The zero-order valence-corrected chi connectivity index (χ0v) is 12.2. The van der Waals surface area contributed by atoms with E-state index in [0.717, 1.165) is 30.7 Å². The second kappa shape index (κ2) is 5.38. The second-order valence-corrected chi connectivity index (χ2v) is 6.14. The van der Waals surface area contributed by atoms with Crippen molar-refractivity contribution in [1.29, 1.82) is 0 Å². The Morgan fingerprint density at radius 3 is 2.25 bits per heavy atom. The van der Waals surface area contributed by atoms with Gasteiger partial charge in [0.2, 0.25) is 0 Å². The van der Waals surface area contributed by atoms with E-state index < -0.39 is 0 Å². The molecule has 2 aliphatic rings. The molecule has 1 aromatic heterocycles. The molecule has 0 N–H and O–H groups in total. The van der Waals surface area contributed by atoms with Crippen molar-refractivity contribution in [3.63, 3.8) is 0 Å². The van der Waals surface area contributed by atoms with E-state index in [1.165, 1.54) is 30.6 Å². The molecule has 0 atom stereocenters. The van der Waals surface area contributed by atoms with Crippen molar-refractivity contribution in [3.8, 4) is 0 Å². The summed E-state index contributed by atoms with van der Waals surface area (Å²) >= 11 is 0. The van der Waals surface area contributed by atoms with Gasteiger partial charge in [0.05, 0.1) is 0 Å². The van der Waals surface area contributed by atoms with E-state index in [0.29, 0.717) is 5.69 Å². The van der Waals surface area contributed by atoms with E-state index in [9.17, 15) is 4.79 Å². The van der Waals surface area contributed by atoms with E-state index in [1.807, 2.05) is 6.07 Å². The monoisotopic (exact) mass is 274 g/mol. The van der Waals surface area contributed by atoms with Crippen LogP contribution in [-0.4, -0.2) is 48.2 Å². The molecule has 3 rings (SSSR count). The molecule has 5 nitrogen and oxygen atoms in total. The number of carbonyl (C=O) groups excluding carboxylic acids is 1. The third-order valence-electron chi connectivity index (χ3n) is 4.43.